The first-order valence-corrected chi connectivity index (χ1v) is 8.11. The number of nitrogens with one attached hydrogen (secondary N) is 1. The Balaban J connectivity index is 1.60. The molecule has 0 radical (unpaired) electrons. The summed E-state index contributed by atoms with van der Waals surface area (Å²) in [7, 11) is 0. The van der Waals surface area contributed by atoms with Crippen molar-refractivity contribution >= 4 is 5.91 Å². The molecule has 23 heavy (non-hydrogen) atoms. The van der Waals surface area contributed by atoms with Gasteiger partial charge in [-0.05, 0) is 31.4 Å². The zero-order valence-electron chi connectivity index (χ0n) is 13.5. The number of aryl methyl sites for hydroxylation is 1. The molecule has 3 N–H and O–H groups in total. The second kappa shape index (κ2) is 6.50. The summed E-state index contributed by atoms with van der Waals surface area (Å²) in [5.41, 5.74) is 6.50. The third kappa shape index (κ3) is 3.42. The van der Waals surface area contributed by atoms with Gasteiger partial charge in [-0.2, -0.15) is 0 Å². The minimum absolute atomic E-state index is 0.0493. The highest BCUT2D eigenvalue weighted by Crippen LogP contribution is 2.26. The third-order valence-electron chi connectivity index (χ3n) is 4.53. The Bertz CT molecular complexity index is 671. The van der Waals surface area contributed by atoms with E-state index in [0.717, 1.165) is 42.9 Å². The molecule has 0 spiro atoms. The minimum Gasteiger partial charge on any atom is -0.350 e. The van der Waals surface area contributed by atoms with Gasteiger partial charge in [0.15, 0.2) is 0 Å². The molecule has 2 aromatic rings. The predicted octanol–water partition coefficient (Wildman–Crippen LogP) is 1.85. The smallest absolute Gasteiger partial charge is 0.240 e. The number of nitrogens with two attached hydrogens (primary N) is 1. The van der Waals surface area contributed by atoms with Gasteiger partial charge in [-0.15, -0.1) is 0 Å². The first-order chi connectivity index (χ1) is 11.1. The van der Waals surface area contributed by atoms with Crippen molar-refractivity contribution in [3.63, 3.8) is 0 Å². The quantitative estimate of drug-likeness (QED) is 0.902. The van der Waals surface area contributed by atoms with Crippen LogP contribution in [0.5, 0.6) is 0 Å². The van der Waals surface area contributed by atoms with Crippen molar-refractivity contribution < 1.29 is 4.79 Å². The maximum absolute atomic E-state index is 12.3. The normalized spacial score (nSPS) is 17.0. The van der Waals surface area contributed by atoms with Crippen LogP contribution >= 0.6 is 0 Å². The lowest BCUT2D eigenvalue weighted by Crippen LogP contribution is -2.54. The molecule has 0 unspecified atom stereocenters. The largest absolute Gasteiger partial charge is 0.350 e. The Morgan fingerprint density at radius 1 is 1.30 bits per heavy atom. The minimum atomic E-state index is -0.695. The Morgan fingerprint density at radius 2 is 2.09 bits per heavy atom. The molecule has 1 aliphatic rings. The van der Waals surface area contributed by atoms with Crippen molar-refractivity contribution in [1.82, 2.24) is 19.9 Å². The molecule has 3 rings (SSSR count). The predicted molar refractivity (Wildman–Crippen MR) is 87.9 cm³/mol. The van der Waals surface area contributed by atoms with E-state index in [1.807, 2.05) is 29.8 Å². The summed E-state index contributed by atoms with van der Waals surface area (Å²) in [6.45, 7) is 2.38. The Morgan fingerprint density at radius 3 is 2.70 bits per heavy atom. The lowest BCUT2D eigenvalue weighted by Gasteiger charge is -2.31. The molecule has 0 bridgehead atoms. The Labute approximate surface area is 136 Å². The highest BCUT2D eigenvalue weighted by atomic mass is 16.2. The number of pyridine rings is 1. The molecule has 0 aromatic carbocycles. The second-order valence-electron chi connectivity index (χ2n) is 6.27. The van der Waals surface area contributed by atoms with Crippen LogP contribution in [0.3, 0.4) is 0 Å². The molecule has 2 heterocycles. The molecule has 1 fully saturated rings. The summed E-state index contributed by atoms with van der Waals surface area (Å²) in [6.07, 6.45) is 10.2. The average molecular weight is 313 g/mol. The highest BCUT2D eigenvalue weighted by Gasteiger charge is 2.34. The summed E-state index contributed by atoms with van der Waals surface area (Å²) in [5.74, 6) is 1.66. The number of imidazole rings is 1. The summed E-state index contributed by atoms with van der Waals surface area (Å²) in [5, 5.41) is 2.95. The van der Waals surface area contributed by atoms with E-state index < -0.39 is 5.54 Å². The van der Waals surface area contributed by atoms with E-state index in [-0.39, 0.29) is 5.91 Å². The van der Waals surface area contributed by atoms with Gasteiger partial charge in [-0.3, -0.25) is 9.36 Å². The van der Waals surface area contributed by atoms with Crippen LogP contribution in [0.25, 0.3) is 5.82 Å². The molecule has 0 aliphatic heterocycles. The van der Waals surface area contributed by atoms with Gasteiger partial charge < -0.3 is 11.1 Å². The fraction of sp³-hybridized carbons (Fsp3) is 0.471. The van der Waals surface area contributed by atoms with Gasteiger partial charge in [0.25, 0.3) is 0 Å². The molecule has 1 aliphatic carbocycles. The van der Waals surface area contributed by atoms with Crippen LogP contribution < -0.4 is 11.1 Å². The van der Waals surface area contributed by atoms with Crippen LogP contribution in [0, 0.1) is 6.92 Å². The average Bonchev–Trinajstić information content (AvgIpc) is 3.00. The number of carbonyl (C=O) groups excluding carboxylic acids is 1. The number of aromatic nitrogens is 3. The van der Waals surface area contributed by atoms with Crippen LogP contribution in [0.4, 0.5) is 0 Å². The maximum Gasteiger partial charge on any atom is 0.240 e. The van der Waals surface area contributed by atoms with Gasteiger partial charge >= 0.3 is 0 Å². The molecule has 0 atom stereocenters. The zero-order chi connectivity index (χ0) is 16.3. The highest BCUT2D eigenvalue weighted by molar-refractivity contribution is 5.86. The van der Waals surface area contributed by atoms with Crippen LogP contribution in [0.1, 0.15) is 43.5 Å². The first kappa shape index (κ1) is 15.7. The lowest BCUT2D eigenvalue weighted by atomic mass is 9.82. The van der Waals surface area contributed by atoms with Crippen LogP contribution in [-0.2, 0) is 11.3 Å². The van der Waals surface area contributed by atoms with Gasteiger partial charge in [-0.25, -0.2) is 9.97 Å². The van der Waals surface area contributed by atoms with Crippen LogP contribution in [0.2, 0.25) is 0 Å². The number of carbonyl (C=O) groups is 1. The number of nitrogens with zero attached hydrogens (tertiary/aromatic N) is 3. The van der Waals surface area contributed by atoms with Crippen molar-refractivity contribution in [3.05, 3.63) is 42.1 Å². The van der Waals surface area contributed by atoms with Crippen LogP contribution in [-0.4, -0.2) is 26.0 Å². The van der Waals surface area contributed by atoms with E-state index in [1.165, 1.54) is 6.42 Å². The molecular formula is C17H23N5O. The van der Waals surface area contributed by atoms with E-state index >= 15 is 0 Å². The molecule has 6 nitrogen and oxygen atoms in total. The maximum atomic E-state index is 12.3. The van der Waals surface area contributed by atoms with Crippen molar-refractivity contribution in [2.45, 2.75) is 51.1 Å². The fourth-order valence-electron chi connectivity index (χ4n) is 3.05. The Hall–Kier alpha value is -2.21. The van der Waals surface area contributed by atoms with Crippen molar-refractivity contribution in [1.29, 1.82) is 0 Å². The Kier molecular flexibility index (Phi) is 4.43. The number of hydrogen-bond acceptors (Lipinski definition) is 4. The number of amides is 1. The van der Waals surface area contributed by atoms with E-state index in [0.29, 0.717) is 6.54 Å². The van der Waals surface area contributed by atoms with Crippen molar-refractivity contribution in [2.75, 3.05) is 0 Å². The zero-order valence-corrected chi connectivity index (χ0v) is 13.5. The summed E-state index contributed by atoms with van der Waals surface area (Å²) in [4.78, 5) is 20.9. The molecule has 0 saturated heterocycles. The number of hydrogen-bond donors (Lipinski definition) is 2. The van der Waals surface area contributed by atoms with Gasteiger partial charge in [0.05, 0.1) is 5.54 Å². The van der Waals surface area contributed by atoms with Crippen molar-refractivity contribution in [2.24, 2.45) is 5.73 Å². The van der Waals surface area contributed by atoms with E-state index in [9.17, 15) is 4.79 Å². The summed E-state index contributed by atoms with van der Waals surface area (Å²) < 4.78 is 1.92. The summed E-state index contributed by atoms with van der Waals surface area (Å²) in [6, 6.07) is 3.89. The number of rotatable bonds is 4. The fourth-order valence-corrected chi connectivity index (χ4v) is 3.05. The van der Waals surface area contributed by atoms with Crippen molar-refractivity contribution in [3.8, 4) is 5.82 Å². The monoisotopic (exact) mass is 313 g/mol. The molecular weight excluding hydrogens is 290 g/mol. The first-order valence-electron chi connectivity index (χ1n) is 8.11. The molecule has 1 amide bonds. The SMILES string of the molecule is Cc1nccn1-c1ccc(CNC(=O)C2(N)CCCCC2)cn1. The van der Waals surface area contributed by atoms with E-state index in [2.05, 4.69) is 15.3 Å². The van der Waals surface area contributed by atoms with Gasteiger partial charge in [0, 0.05) is 25.1 Å². The molecule has 6 heteroatoms. The van der Waals surface area contributed by atoms with E-state index in [1.54, 1.807) is 12.4 Å². The summed E-state index contributed by atoms with van der Waals surface area (Å²) >= 11 is 0. The van der Waals surface area contributed by atoms with Crippen LogP contribution in [0.15, 0.2) is 30.7 Å². The lowest BCUT2D eigenvalue weighted by molar-refractivity contribution is -0.127. The van der Waals surface area contributed by atoms with E-state index in [4.69, 9.17) is 5.73 Å². The standard InChI is InChI=1S/C17H23N5O/c1-13-19-9-10-22(13)15-6-5-14(11-20-15)12-21-16(23)17(18)7-3-2-4-8-17/h5-6,9-11H,2-4,7-8,12,18H2,1H3,(H,21,23). The molecule has 1 saturated carbocycles. The van der Waals surface area contributed by atoms with Gasteiger partial charge in [0.2, 0.25) is 5.91 Å². The topological polar surface area (TPSA) is 85.8 Å². The molecule has 2 aromatic heterocycles. The molecule has 122 valence electrons. The van der Waals surface area contributed by atoms with Gasteiger partial charge in [0.1, 0.15) is 11.6 Å². The van der Waals surface area contributed by atoms with Gasteiger partial charge in [-0.1, -0.05) is 25.3 Å². The third-order valence-corrected chi connectivity index (χ3v) is 4.53. The second-order valence-corrected chi connectivity index (χ2v) is 6.27.